The lowest BCUT2D eigenvalue weighted by Gasteiger charge is -2.13. The lowest BCUT2D eigenvalue weighted by Crippen LogP contribution is -2.26. The van der Waals surface area contributed by atoms with Gasteiger partial charge in [-0.05, 0) is 49.7 Å². The van der Waals surface area contributed by atoms with E-state index in [1.54, 1.807) is 19.5 Å². The van der Waals surface area contributed by atoms with E-state index < -0.39 is 0 Å². The van der Waals surface area contributed by atoms with Crippen molar-refractivity contribution >= 4 is 16.9 Å². The molecule has 1 amide bonds. The van der Waals surface area contributed by atoms with Gasteiger partial charge in [-0.15, -0.1) is 0 Å². The molecule has 0 aliphatic rings. The fourth-order valence-electron chi connectivity index (χ4n) is 2.54. The Bertz CT molecular complexity index is 840. The van der Waals surface area contributed by atoms with E-state index in [4.69, 9.17) is 9.15 Å². The number of ether oxygens (including phenoxy) is 1. The summed E-state index contributed by atoms with van der Waals surface area (Å²) < 4.78 is 10.9. The summed E-state index contributed by atoms with van der Waals surface area (Å²) >= 11 is 0. The Balaban J connectivity index is 1.88. The first kappa shape index (κ1) is 15.1. The molecule has 2 aromatic heterocycles. The molecule has 0 aliphatic carbocycles. The number of hydrogen-bond donors (Lipinski definition) is 1. The van der Waals surface area contributed by atoms with Crippen LogP contribution in [0.25, 0.3) is 11.0 Å². The van der Waals surface area contributed by atoms with Crippen LogP contribution in [-0.2, 0) is 0 Å². The molecule has 23 heavy (non-hydrogen) atoms. The van der Waals surface area contributed by atoms with Gasteiger partial charge >= 0.3 is 0 Å². The summed E-state index contributed by atoms with van der Waals surface area (Å²) in [5, 5.41) is 3.83. The number of benzene rings is 1. The third-order valence-corrected chi connectivity index (χ3v) is 3.90. The highest BCUT2D eigenvalue weighted by Crippen LogP contribution is 2.29. The van der Waals surface area contributed by atoms with Gasteiger partial charge in [0.1, 0.15) is 11.3 Å². The van der Waals surface area contributed by atoms with Crippen LogP contribution in [0.2, 0.25) is 0 Å². The average molecular weight is 310 g/mol. The van der Waals surface area contributed by atoms with Gasteiger partial charge in [-0.3, -0.25) is 9.78 Å². The van der Waals surface area contributed by atoms with Gasteiger partial charge in [-0.25, -0.2) is 0 Å². The van der Waals surface area contributed by atoms with Crippen LogP contribution in [0, 0.1) is 6.92 Å². The van der Waals surface area contributed by atoms with Gasteiger partial charge in [0.25, 0.3) is 5.91 Å². The molecule has 5 nitrogen and oxygen atoms in total. The van der Waals surface area contributed by atoms with Gasteiger partial charge in [0.15, 0.2) is 5.76 Å². The van der Waals surface area contributed by atoms with E-state index in [0.717, 1.165) is 22.3 Å². The van der Waals surface area contributed by atoms with Crippen molar-refractivity contribution in [2.45, 2.75) is 19.9 Å². The van der Waals surface area contributed by atoms with Gasteiger partial charge in [-0.1, -0.05) is 0 Å². The highest BCUT2D eigenvalue weighted by molar-refractivity contribution is 5.99. The molecule has 2 heterocycles. The van der Waals surface area contributed by atoms with Crippen LogP contribution in [-0.4, -0.2) is 18.0 Å². The molecule has 0 bridgehead atoms. The lowest BCUT2D eigenvalue weighted by molar-refractivity contribution is 0.0913. The Hall–Kier alpha value is -2.82. The largest absolute Gasteiger partial charge is 0.497 e. The number of amides is 1. The Morgan fingerprint density at radius 2 is 2.00 bits per heavy atom. The third kappa shape index (κ3) is 2.90. The summed E-state index contributed by atoms with van der Waals surface area (Å²) in [4.78, 5) is 16.5. The number of pyridine rings is 1. The van der Waals surface area contributed by atoms with E-state index in [1.165, 1.54) is 0 Å². The number of aromatic nitrogens is 1. The van der Waals surface area contributed by atoms with Crippen molar-refractivity contribution in [1.29, 1.82) is 0 Å². The molecule has 3 aromatic rings. The number of carbonyl (C=O) groups excluding carboxylic acids is 1. The second kappa shape index (κ2) is 6.12. The van der Waals surface area contributed by atoms with Crippen LogP contribution >= 0.6 is 0 Å². The minimum Gasteiger partial charge on any atom is -0.497 e. The van der Waals surface area contributed by atoms with E-state index in [2.05, 4.69) is 10.3 Å². The number of hydrogen-bond acceptors (Lipinski definition) is 4. The van der Waals surface area contributed by atoms with E-state index in [-0.39, 0.29) is 11.9 Å². The zero-order chi connectivity index (χ0) is 16.4. The summed E-state index contributed by atoms with van der Waals surface area (Å²) in [6.45, 7) is 3.80. The highest BCUT2D eigenvalue weighted by Gasteiger charge is 2.20. The van der Waals surface area contributed by atoms with Gasteiger partial charge in [0.05, 0.1) is 13.2 Å². The number of nitrogens with one attached hydrogen (secondary N) is 1. The normalized spacial score (nSPS) is 12.1. The molecule has 0 radical (unpaired) electrons. The molecule has 0 fully saturated rings. The predicted octanol–water partition coefficient (Wildman–Crippen LogP) is 3.64. The van der Waals surface area contributed by atoms with Crippen LogP contribution in [0.1, 0.15) is 34.6 Å². The standard InChI is InChI=1S/C18H18N2O3/c1-11-15-10-14(22-3)4-5-16(15)23-17(11)18(21)20-12(2)13-6-8-19-9-7-13/h4-10,12H,1-3H3,(H,20,21). The second-order valence-electron chi connectivity index (χ2n) is 5.39. The van der Waals surface area contributed by atoms with Crippen LogP contribution < -0.4 is 10.1 Å². The Labute approximate surface area is 134 Å². The number of rotatable bonds is 4. The van der Waals surface area contributed by atoms with E-state index in [1.807, 2.05) is 44.2 Å². The van der Waals surface area contributed by atoms with Gasteiger partial charge in [0.2, 0.25) is 0 Å². The maximum atomic E-state index is 12.5. The summed E-state index contributed by atoms with van der Waals surface area (Å²) in [5.74, 6) is 0.828. The Morgan fingerprint density at radius 1 is 1.26 bits per heavy atom. The number of fused-ring (bicyclic) bond motifs is 1. The quantitative estimate of drug-likeness (QED) is 0.799. The molecular weight excluding hydrogens is 292 g/mol. The molecule has 5 heteroatoms. The summed E-state index contributed by atoms with van der Waals surface area (Å²) in [6.07, 6.45) is 3.41. The van der Waals surface area contributed by atoms with Crippen LogP contribution in [0.3, 0.4) is 0 Å². The zero-order valence-corrected chi connectivity index (χ0v) is 13.3. The molecule has 1 N–H and O–H groups in total. The smallest absolute Gasteiger partial charge is 0.287 e. The first-order valence-electron chi connectivity index (χ1n) is 7.38. The molecular formula is C18H18N2O3. The first-order chi connectivity index (χ1) is 11.1. The fourth-order valence-corrected chi connectivity index (χ4v) is 2.54. The summed E-state index contributed by atoms with van der Waals surface area (Å²) in [6, 6.07) is 9.11. The average Bonchev–Trinajstić information content (AvgIpc) is 2.92. The number of methoxy groups -OCH3 is 1. The van der Waals surface area contributed by atoms with Gasteiger partial charge < -0.3 is 14.5 Å². The Kier molecular flexibility index (Phi) is 4.02. The second-order valence-corrected chi connectivity index (χ2v) is 5.39. The van der Waals surface area contributed by atoms with Crippen molar-refractivity contribution in [3.8, 4) is 5.75 Å². The Morgan fingerprint density at radius 3 is 2.70 bits per heavy atom. The van der Waals surface area contributed by atoms with Crippen LogP contribution in [0.15, 0.2) is 47.1 Å². The van der Waals surface area contributed by atoms with Gasteiger partial charge in [-0.2, -0.15) is 0 Å². The number of carbonyl (C=O) groups is 1. The van der Waals surface area contributed by atoms with Crippen molar-refractivity contribution in [1.82, 2.24) is 10.3 Å². The van der Waals surface area contributed by atoms with Crippen molar-refractivity contribution in [2.75, 3.05) is 7.11 Å². The van der Waals surface area contributed by atoms with Crippen LogP contribution in [0.5, 0.6) is 5.75 Å². The SMILES string of the molecule is COc1ccc2oc(C(=O)NC(C)c3ccncc3)c(C)c2c1. The molecule has 1 aromatic carbocycles. The molecule has 118 valence electrons. The van der Waals surface area contributed by atoms with Crippen molar-refractivity contribution < 1.29 is 13.9 Å². The maximum absolute atomic E-state index is 12.5. The van der Waals surface area contributed by atoms with Crippen LogP contribution in [0.4, 0.5) is 0 Å². The molecule has 1 unspecified atom stereocenters. The third-order valence-electron chi connectivity index (χ3n) is 3.90. The minimum atomic E-state index is -0.234. The molecule has 0 spiro atoms. The summed E-state index contributed by atoms with van der Waals surface area (Å²) in [5.41, 5.74) is 2.46. The van der Waals surface area contributed by atoms with Gasteiger partial charge in [0, 0.05) is 23.3 Å². The monoisotopic (exact) mass is 310 g/mol. The fraction of sp³-hybridized carbons (Fsp3) is 0.222. The highest BCUT2D eigenvalue weighted by atomic mass is 16.5. The predicted molar refractivity (Wildman–Crippen MR) is 87.6 cm³/mol. The minimum absolute atomic E-state index is 0.132. The first-order valence-corrected chi connectivity index (χ1v) is 7.38. The molecule has 3 rings (SSSR count). The van der Waals surface area contributed by atoms with Crippen molar-refractivity contribution in [3.05, 3.63) is 59.6 Å². The topological polar surface area (TPSA) is 64.4 Å². The van der Waals surface area contributed by atoms with Crippen molar-refractivity contribution in [2.24, 2.45) is 0 Å². The van der Waals surface area contributed by atoms with E-state index >= 15 is 0 Å². The summed E-state index contributed by atoms with van der Waals surface area (Å²) in [7, 11) is 1.61. The number of furan rings is 1. The van der Waals surface area contributed by atoms with Crippen molar-refractivity contribution in [3.63, 3.8) is 0 Å². The van der Waals surface area contributed by atoms with E-state index in [0.29, 0.717) is 11.3 Å². The molecule has 1 atom stereocenters. The number of nitrogens with zero attached hydrogens (tertiary/aromatic N) is 1. The number of aryl methyl sites for hydroxylation is 1. The maximum Gasteiger partial charge on any atom is 0.287 e. The molecule has 0 aliphatic heterocycles. The lowest BCUT2D eigenvalue weighted by atomic mass is 10.1. The van der Waals surface area contributed by atoms with E-state index in [9.17, 15) is 4.79 Å². The molecule has 0 saturated carbocycles. The zero-order valence-electron chi connectivity index (χ0n) is 13.3. The molecule has 0 saturated heterocycles.